The molecule has 0 fully saturated rings. The second-order valence-corrected chi connectivity index (χ2v) is 6.51. The minimum Gasteiger partial charge on any atom is -0.354 e. The molecule has 1 aromatic heterocycles. The summed E-state index contributed by atoms with van der Waals surface area (Å²) in [6.07, 6.45) is 4.69. The lowest BCUT2D eigenvalue weighted by Crippen LogP contribution is -2.50. The molecule has 2 N–H and O–H groups in total. The van der Waals surface area contributed by atoms with E-state index in [-0.39, 0.29) is 24.2 Å². The number of amides is 2. The van der Waals surface area contributed by atoms with E-state index in [9.17, 15) is 9.59 Å². The number of hydrogen-bond donors (Lipinski definition) is 2. The summed E-state index contributed by atoms with van der Waals surface area (Å²) in [5.41, 5.74) is 2.00. The van der Waals surface area contributed by atoms with Crippen molar-refractivity contribution in [1.82, 2.24) is 20.4 Å². The van der Waals surface area contributed by atoms with Gasteiger partial charge in [0.2, 0.25) is 11.8 Å². The number of hydrogen-bond acceptors (Lipinski definition) is 3. The lowest BCUT2D eigenvalue weighted by atomic mass is 10.0. The van der Waals surface area contributed by atoms with Crippen molar-refractivity contribution < 1.29 is 9.59 Å². The van der Waals surface area contributed by atoms with Crippen LogP contribution in [0.1, 0.15) is 25.0 Å². The number of benzene rings is 1. The zero-order chi connectivity index (χ0) is 18.2. The first-order valence-electron chi connectivity index (χ1n) is 8.54. The average molecular weight is 342 g/mol. The summed E-state index contributed by atoms with van der Waals surface area (Å²) >= 11 is 0. The maximum atomic E-state index is 12.4. The zero-order valence-corrected chi connectivity index (χ0v) is 15.0. The smallest absolute Gasteiger partial charge is 0.242 e. The first-order chi connectivity index (χ1) is 12.0. The Hall–Kier alpha value is -2.63. The van der Waals surface area contributed by atoms with Gasteiger partial charge in [-0.1, -0.05) is 44.2 Å². The van der Waals surface area contributed by atoms with E-state index in [1.165, 1.54) is 0 Å². The summed E-state index contributed by atoms with van der Waals surface area (Å²) in [4.78, 5) is 24.6. The van der Waals surface area contributed by atoms with E-state index in [2.05, 4.69) is 15.7 Å². The average Bonchev–Trinajstić information content (AvgIpc) is 2.98. The number of carbonyl (C=O) groups is 2. The Morgan fingerprint density at radius 1 is 1.16 bits per heavy atom. The summed E-state index contributed by atoms with van der Waals surface area (Å²) in [5, 5.41) is 9.85. The number of carbonyl (C=O) groups excluding carboxylic acids is 2. The van der Waals surface area contributed by atoms with Gasteiger partial charge in [0.15, 0.2) is 0 Å². The first kappa shape index (κ1) is 18.7. The van der Waals surface area contributed by atoms with E-state index in [1.807, 2.05) is 57.4 Å². The second kappa shape index (κ2) is 9.01. The Kier molecular flexibility index (Phi) is 6.74. The summed E-state index contributed by atoms with van der Waals surface area (Å²) < 4.78 is 1.73. The number of nitrogens with one attached hydrogen (secondary N) is 2. The van der Waals surface area contributed by atoms with Crippen LogP contribution in [0, 0.1) is 5.92 Å². The highest BCUT2D eigenvalue weighted by molar-refractivity contribution is 5.88. The fourth-order valence-electron chi connectivity index (χ4n) is 2.58. The van der Waals surface area contributed by atoms with Crippen molar-refractivity contribution in [3.05, 3.63) is 53.9 Å². The highest BCUT2D eigenvalue weighted by Crippen LogP contribution is 2.05. The molecule has 6 nitrogen and oxygen atoms in total. The predicted octanol–water partition coefficient (Wildman–Crippen LogP) is 1.46. The monoisotopic (exact) mass is 342 g/mol. The number of nitrogens with zero attached hydrogens (tertiary/aromatic N) is 2. The second-order valence-electron chi connectivity index (χ2n) is 6.51. The van der Waals surface area contributed by atoms with Gasteiger partial charge in [-0.2, -0.15) is 5.10 Å². The summed E-state index contributed by atoms with van der Waals surface area (Å²) in [7, 11) is 1.86. The van der Waals surface area contributed by atoms with Crippen molar-refractivity contribution in [2.45, 2.75) is 32.7 Å². The number of aromatic nitrogens is 2. The largest absolute Gasteiger partial charge is 0.354 e. The zero-order valence-electron chi connectivity index (χ0n) is 15.0. The molecule has 0 saturated heterocycles. The van der Waals surface area contributed by atoms with Crippen molar-refractivity contribution in [3.63, 3.8) is 0 Å². The summed E-state index contributed by atoms with van der Waals surface area (Å²) in [5.74, 6) is -0.286. The third kappa shape index (κ3) is 6.06. The van der Waals surface area contributed by atoms with Gasteiger partial charge >= 0.3 is 0 Å². The molecule has 1 heterocycles. The maximum absolute atomic E-state index is 12.4. The normalized spacial score (nSPS) is 12.0. The Morgan fingerprint density at radius 2 is 1.88 bits per heavy atom. The van der Waals surface area contributed by atoms with Gasteiger partial charge in [0.05, 0.1) is 12.6 Å². The maximum Gasteiger partial charge on any atom is 0.242 e. The van der Waals surface area contributed by atoms with Crippen LogP contribution in [0.25, 0.3) is 0 Å². The van der Waals surface area contributed by atoms with Crippen LogP contribution < -0.4 is 10.6 Å². The Labute approximate surface area is 148 Å². The summed E-state index contributed by atoms with van der Waals surface area (Å²) in [6, 6.07) is 8.97. The van der Waals surface area contributed by atoms with Gasteiger partial charge in [-0.25, -0.2) is 0 Å². The molecule has 1 unspecified atom stereocenters. The topological polar surface area (TPSA) is 76.0 Å². The lowest BCUT2D eigenvalue weighted by molar-refractivity contribution is -0.129. The number of aryl methyl sites for hydroxylation is 1. The van der Waals surface area contributed by atoms with Crippen LogP contribution in [0.5, 0.6) is 0 Å². The van der Waals surface area contributed by atoms with Gasteiger partial charge in [-0.15, -0.1) is 0 Å². The summed E-state index contributed by atoms with van der Waals surface area (Å²) in [6.45, 7) is 4.37. The molecule has 0 spiro atoms. The molecule has 1 atom stereocenters. The molecule has 2 aromatic rings. The van der Waals surface area contributed by atoms with Gasteiger partial charge in [0.1, 0.15) is 6.04 Å². The van der Waals surface area contributed by atoms with E-state index >= 15 is 0 Å². The quantitative estimate of drug-likeness (QED) is 0.763. The van der Waals surface area contributed by atoms with Gasteiger partial charge in [-0.3, -0.25) is 14.3 Å². The highest BCUT2D eigenvalue weighted by atomic mass is 16.2. The van der Waals surface area contributed by atoms with Crippen molar-refractivity contribution >= 4 is 11.8 Å². The molecule has 2 rings (SSSR count). The van der Waals surface area contributed by atoms with Gasteiger partial charge < -0.3 is 10.6 Å². The molecular weight excluding hydrogens is 316 g/mol. The van der Waals surface area contributed by atoms with Gasteiger partial charge in [-0.05, 0) is 23.5 Å². The minimum atomic E-state index is -0.537. The predicted molar refractivity (Wildman–Crippen MR) is 96.8 cm³/mol. The molecule has 134 valence electrons. The standard InChI is InChI=1S/C19H26N4O2/c1-14(2)18(22-17(24)11-15-7-5-4-6-8-15)19(25)20-10-9-16-12-21-23(3)13-16/h4-8,12-14,18H,9-11H2,1-3H3,(H,20,25)(H,22,24). The van der Waals surface area contributed by atoms with E-state index in [1.54, 1.807) is 10.9 Å². The SMILES string of the molecule is CC(C)C(NC(=O)Cc1ccccc1)C(=O)NCCc1cnn(C)c1. The van der Waals surface area contributed by atoms with E-state index in [0.717, 1.165) is 11.1 Å². The van der Waals surface area contributed by atoms with Crippen LogP contribution in [-0.4, -0.2) is 34.2 Å². The van der Waals surface area contributed by atoms with Crippen LogP contribution >= 0.6 is 0 Å². The Bertz CT molecular complexity index is 694. The molecule has 1 aromatic carbocycles. The Morgan fingerprint density at radius 3 is 2.48 bits per heavy atom. The van der Waals surface area contributed by atoms with Crippen LogP contribution in [0.4, 0.5) is 0 Å². The molecule has 25 heavy (non-hydrogen) atoms. The van der Waals surface area contributed by atoms with E-state index < -0.39 is 6.04 Å². The van der Waals surface area contributed by atoms with Gasteiger partial charge in [0.25, 0.3) is 0 Å². The van der Waals surface area contributed by atoms with Crippen molar-refractivity contribution in [3.8, 4) is 0 Å². The van der Waals surface area contributed by atoms with Gasteiger partial charge in [0, 0.05) is 19.8 Å². The van der Waals surface area contributed by atoms with Crippen molar-refractivity contribution in [2.75, 3.05) is 6.54 Å². The molecule has 6 heteroatoms. The Balaban J connectivity index is 1.83. The fraction of sp³-hybridized carbons (Fsp3) is 0.421. The molecule has 0 aliphatic heterocycles. The molecule has 0 radical (unpaired) electrons. The minimum absolute atomic E-state index is 0.0121. The molecule has 2 amide bonds. The molecule has 0 bridgehead atoms. The molecule has 0 aliphatic rings. The van der Waals surface area contributed by atoms with Crippen LogP contribution in [0.3, 0.4) is 0 Å². The highest BCUT2D eigenvalue weighted by Gasteiger charge is 2.23. The molecule has 0 saturated carbocycles. The first-order valence-corrected chi connectivity index (χ1v) is 8.54. The lowest BCUT2D eigenvalue weighted by Gasteiger charge is -2.21. The van der Waals surface area contributed by atoms with E-state index in [4.69, 9.17) is 0 Å². The van der Waals surface area contributed by atoms with Crippen molar-refractivity contribution in [1.29, 1.82) is 0 Å². The fourth-order valence-corrected chi connectivity index (χ4v) is 2.58. The van der Waals surface area contributed by atoms with Crippen LogP contribution in [0.15, 0.2) is 42.7 Å². The third-order valence-corrected chi connectivity index (χ3v) is 3.94. The van der Waals surface area contributed by atoms with Crippen LogP contribution in [-0.2, 0) is 29.5 Å². The third-order valence-electron chi connectivity index (χ3n) is 3.94. The van der Waals surface area contributed by atoms with E-state index in [0.29, 0.717) is 13.0 Å². The number of rotatable bonds is 8. The van der Waals surface area contributed by atoms with Crippen LogP contribution in [0.2, 0.25) is 0 Å². The molecular formula is C19H26N4O2. The van der Waals surface area contributed by atoms with Crippen molar-refractivity contribution in [2.24, 2.45) is 13.0 Å². The molecule has 0 aliphatic carbocycles.